The third-order valence-corrected chi connectivity index (χ3v) is 3.76. The summed E-state index contributed by atoms with van der Waals surface area (Å²) in [6.07, 6.45) is 17.5. The smallest absolute Gasteiger partial charge is 0.145 e. The van der Waals surface area contributed by atoms with E-state index in [9.17, 15) is 26.4 Å². The predicted octanol–water partition coefficient (Wildman–Crippen LogP) is 5.48. The van der Waals surface area contributed by atoms with Gasteiger partial charge in [-0.1, -0.05) is 53.4 Å². The molecule has 0 spiro atoms. The van der Waals surface area contributed by atoms with Gasteiger partial charge in [0.15, 0.2) is 0 Å². The summed E-state index contributed by atoms with van der Waals surface area (Å²) >= 11 is 0. The zero-order chi connectivity index (χ0) is 36.0. The van der Waals surface area contributed by atoms with Crippen LogP contribution in [-0.2, 0) is 29.3 Å². The molecule has 0 N–H and O–H groups in total. The topological polar surface area (TPSA) is 154 Å². The number of hydrogen-bond acceptors (Lipinski definition) is 10. The fraction of sp³-hybridized carbons (Fsp3) is 0.576. The van der Waals surface area contributed by atoms with Crippen molar-refractivity contribution in [2.24, 2.45) is 10.8 Å². The van der Waals surface area contributed by atoms with E-state index in [1.165, 1.54) is 12.7 Å². The molecular formula is C33H54N4O6S2. The van der Waals surface area contributed by atoms with E-state index in [2.05, 4.69) is 85.2 Å². The molecule has 0 aliphatic carbocycles. The van der Waals surface area contributed by atoms with Gasteiger partial charge in [0, 0.05) is 62.7 Å². The van der Waals surface area contributed by atoms with Crippen LogP contribution in [-0.4, -0.2) is 73.4 Å². The van der Waals surface area contributed by atoms with Gasteiger partial charge in [-0.2, -0.15) is 0 Å². The molecule has 0 atom stereocenters. The van der Waals surface area contributed by atoms with Crippen LogP contribution in [0.15, 0.2) is 49.6 Å². The van der Waals surface area contributed by atoms with Crippen LogP contribution >= 0.6 is 0 Å². The molecule has 10 nitrogen and oxygen atoms in total. The molecule has 0 aliphatic rings. The number of Topliss-reactive ketones (excluding diaryl/α,β-unsaturated/α-hetero) is 2. The second-order valence-electron chi connectivity index (χ2n) is 12.2. The molecule has 2 aromatic rings. The first-order valence-electron chi connectivity index (χ1n) is 13.9. The molecule has 0 radical (unpaired) electrons. The molecule has 254 valence electrons. The molecule has 0 aliphatic heterocycles. The van der Waals surface area contributed by atoms with E-state index >= 15 is 0 Å². The molecule has 0 bridgehead atoms. The lowest BCUT2D eigenvalue weighted by Gasteiger charge is -2.16. The van der Waals surface area contributed by atoms with Crippen molar-refractivity contribution < 1.29 is 26.4 Å². The molecule has 0 aromatic carbocycles. The molecule has 0 amide bonds. The Morgan fingerprint density at radius 2 is 0.911 bits per heavy atom. The maximum Gasteiger partial charge on any atom is 0.145 e. The summed E-state index contributed by atoms with van der Waals surface area (Å²) in [5, 5.41) is 0. The summed E-state index contributed by atoms with van der Waals surface area (Å²) in [7, 11) is -5.33. The average Bonchev–Trinajstić information content (AvgIpc) is 2.89. The molecule has 2 aromatic heterocycles. The normalized spacial score (nSPS) is 9.96. The lowest BCUT2D eigenvalue weighted by Crippen LogP contribution is -2.11. The van der Waals surface area contributed by atoms with Crippen molar-refractivity contribution in [3.63, 3.8) is 0 Å². The van der Waals surface area contributed by atoms with Gasteiger partial charge in [0.05, 0.1) is 12.8 Å². The van der Waals surface area contributed by atoms with Crippen LogP contribution in [0.5, 0.6) is 0 Å². The van der Waals surface area contributed by atoms with Gasteiger partial charge >= 0.3 is 0 Å². The minimum absolute atomic E-state index is 0.104. The van der Waals surface area contributed by atoms with Crippen molar-refractivity contribution in [3.8, 4) is 23.7 Å². The van der Waals surface area contributed by atoms with E-state index in [4.69, 9.17) is 0 Å². The van der Waals surface area contributed by atoms with Crippen molar-refractivity contribution in [3.05, 3.63) is 49.6 Å². The third kappa shape index (κ3) is 79.4. The van der Waals surface area contributed by atoms with Crippen LogP contribution in [0.3, 0.4) is 0 Å². The van der Waals surface area contributed by atoms with Gasteiger partial charge in [-0.25, -0.2) is 36.8 Å². The highest BCUT2D eigenvalue weighted by Crippen LogP contribution is 2.21. The van der Waals surface area contributed by atoms with E-state index in [1.54, 1.807) is 50.8 Å². The van der Waals surface area contributed by atoms with Gasteiger partial charge < -0.3 is 0 Å². The Balaban J connectivity index is -0.000000233. The van der Waals surface area contributed by atoms with Crippen molar-refractivity contribution in [2.75, 3.05) is 25.0 Å². The van der Waals surface area contributed by atoms with Crippen LogP contribution in [0.2, 0.25) is 0 Å². The molecule has 0 fully saturated rings. The maximum atomic E-state index is 11.1. The lowest BCUT2D eigenvalue weighted by atomic mass is 9.89. The Labute approximate surface area is 273 Å². The van der Waals surface area contributed by atoms with E-state index in [1.807, 2.05) is 0 Å². The number of aromatic nitrogens is 4. The molecule has 45 heavy (non-hydrogen) atoms. The largest absolute Gasteiger partial charge is 0.299 e. The van der Waals surface area contributed by atoms with Crippen molar-refractivity contribution in [2.45, 2.75) is 87.5 Å². The van der Waals surface area contributed by atoms with Gasteiger partial charge in [0.1, 0.15) is 43.9 Å². The number of carbonyl (C=O) groups is 2. The number of hydrogen-bond donors (Lipinski definition) is 0. The summed E-state index contributed by atoms with van der Waals surface area (Å²) in [5.41, 5.74) is 0.363. The first-order valence-corrected chi connectivity index (χ1v) is 18.5. The number of nitrogens with zero attached hydrogens (tertiary/aromatic N) is 4. The highest BCUT2D eigenvalue weighted by atomic mass is 32.2. The van der Waals surface area contributed by atoms with Crippen molar-refractivity contribution >= 4 is 31.2 Å². The Bertz CT molecular complexity index is 1230. The second-order valence-corrected chi connectivity index (χ2v) is 16.7. The second kappa shape index (κ2) is 28.0. The molecule has 0 unspecified atom stereocenters. The molecule has 2 heterocycles. The molecular weight excluding hydrogens is 613 g/mol. The van der Waals surface area contributed by atoms with E-state index < -0.39 is 19.7 Å². The number of ketones is 2. The third-order valence-electron chi connectivity index (χ3n) is 3.76. The molecule has 0 saturated carbocycles. The van der Waals surface area contributed by atoms with Gasteiger partial charge in [-0.15, -0.1) is 11.8 Å². The SMILES string of the molecule is CC#CCC(=O)CC(C)(C)C.CC#CCC(=O)CCC(C)(C)C.CS(C)(=O)=O.CS(C)(=O)=O.c1cncnc1.c1cncnc1. The molecule has 0 saturated heterocycles. The Kier molecular flexibility index (Phi) is 30.2. The van der Waals surface area contributed by atoms with Gasteiger partial charge in [-0.05, 0) is 43.2 Å². The van der Waals surface area contributed by atoms with Crippen molar-refractivity contribution in [1.29, 1.82) is 0 Å². The quantitative estimate of drug-likeness (QED) is 0.375. The summed E-state index contributed by atoms with van der Waals surface area (Å²) < 4.78 is 38.5. The van der Waals surface area contributed by atoms with Gasteiger partial charge in [-0.3, -0.25) is 9.59 Å². The Hall–Kier alpha value is -3.48. The zero-order valence-electron chi connectivity index (χ0n) is 29.2. The van der Waals surface area contributed by atoms with E-state index in [0.29, 0.717) is 25.7 Å². The summed E-state index contributed by atoms with van der Waals surface area (Å²) in [5.74, 6) is 11.5. The number of carbonyl (C=O) groups excluding carboxylic acids is 2. The lowest BCUT2D eigenvalue weighted by molar-refractivity contribution is -0.120. The Morgan fingerprint density at radius 1 is 0.600 bits per heavy atom. The first kappa shape index (κ1) is 48.4. The van der Waals surface area contributed by atoms with Gasteiger partial charge in [0.25, 0.3) is 0 Å². The first-order chi connectivity index (χ1) is 20.4. The summed E-state index contributed by atoms with van der Waals surface area (Å²) in [6.45, 7) is 16.1. The monoisotopic (exact) mass is 666 g/mol. The average molecular weight is 667 g/mol. The molecule has 12 heteroatoms. The summed E-state index contributed by atoms with van der Waals surface area (Å²) in [6, 6.07) is 3.56. The predicted molar refractivity (Wildman–Crippen MR) is 185 cm³/mol. The van der Waals surface area contributed by atoms with Crippen LogP contribution in [0.25, 0.3) is 0 Å². The number of rotatable bonds is 5. The standard InChI is InChI=1S/C11H18O.C10H16O.2C4H4N2.2C2H6O2S/c1-5-6-7-10(12)8-9-11(2,3)4;1-5-6-7-9(11)8-10(2,3)4;2*1-2-5-4-6-3-1;2*1-5(2,3)4/h7-9H2,1-4H3;7-8H2,1-4H3;2*1-4H;2*1-2H3. The minimum Gasteiger partial charge on any atom is -0.299 e. The maximum absolute atomic E-state index is 11.1. The van der Waals surface area contributed by atoms with Crippen LogP contribution in [0.1, 0.15) is 87.5 Å². The van der Waals surface area contributed by atoms with Crippen LogP contribution < -0.4 is 0 Å². The Morgan fingerprint density at radius 3 is 1.11 bits per heavy atom. The van der Waals surface area contributed by atoms with Crippen molar-refractivity contribution in [1.82, 2.24) is 19.9 Å². The highest BCUT2D eigenvalue weighted by Gasteiger charge is 2.14. The fourth-order valence-corrected chi connectivity index (χ4v) is 2.14. The van der Waals surface area contributed by atoms with Crippen LogP contribution in [0.4, 0.5) is 0 Å². The number of sulfone groups is 2. The van der Waals surface area contributed by atoms with E-state index in [-0.39, 0.29) is 22.4 Å². The van der Waals surface area contributed by atoms with E-state index in [0.717, 1.165) is 31.4 Å². The zero-order valence-corrected chi connectivity index (χ0v) is 30.8. The minimum atomic E-state index is -2.67. The highest BCUT2D eigenvalue weighted by molar-refractivity contribution is 7.90. The fourth-order valence-electron chi connectivity index (χ4n) is 2.14. The van der Waals surface area contributed by atoms with Gasteiger partial charge in [0.2, 0.25) is 0 Å². The molecule has 2 rings (SSSR count). The summed E-state index contributed by atoms with van der Waals surface area (Å²) in [4.78, 5) is 37.0. The van der Waals surface area contributed by atoms with Crippen LogP contribution in [0, 0.1) is 34.5 Å².